The molecule has 8 nitrogen and oxygen atoms in total. The summed E-state index contributed by atoms with van der Waals surface area (Å²) in [5.41, 5.74) is 1.62. The summed E-state index contributed by atoms with van der Waals surface area (Å²) in [5, 5.41) is 20.1. The number of nitrogens with zero attached hydrogens (tertiary/aromatic N) is 2. The number of aryl methyl sites for hydroxylation is 1. The normalized spacial score (nSPS) is 19.5. The highest BCUT2D eigenvalue weighted by molar-refractivity contribution is 6.06. The molecule has 158 valence electrons. The van der Waals surface area contributed by atoms with Crippen LogP contribution in [0.4, 0.5) is 13.2 Å². The predicted octanol–water partition coefficient (Wildman–Crippen LogP) is 1.70. The summed E-state index contributed by atoms with van der Waals surface area (Å²) in [4.78, 5) is 34.3. The van der Waals surface area contributed by atoms with Gasteiger partial charge in [0.15, 0.2) is 0 Å². The molecule has 1 aliphatic heterocycles. The van der Waals surface area contributed by atoms with E-state index >= 15 is 0 Å². The quantitative estimate of drug-likeness (QED) is 0.704. The van der Waals surface area contributed by atoms with Crippen molar-refractivity contribution in [1.29, 1.82) is 0 Å². The Kier molecular flexibility index (Phi) is 6.52. The number of carbonyl (C=O) groups excluding carboxylic acids is 1. The van der Waals surface area contributed by atoms with E-state index < -0.39 is 24.2 Å². The monoisotopic (exact) mass is 415 g/mol. The molecule has 1 amide bonds. The van der Waals surface area contributed by atoms with E-state index in [-0.39, 0.29) is 11.9 Å². The molecule has 1 fully saturated rings. The van der Waals surface area contributed by atoms with Crippen LogP contribution in [0, 0.1) is 0 Å². The lowest BCUT2D eigenvalue weighted by Crippen LogP contribution is -2.36. The molecule has 0 aliphatic carbocycles. The summed E-state index contributed by atoms with van der Waals surface area (Å²) in [6.45, 7) is 0.549. The van der Waals surface area contributed by atoms with Crippen molar-refractivity contribution in [3.63, 3.8) is 0 Å². The average Bonchev–Trinajstić information content (AvgIpc) is 3.17. The van der Waals surface area contributed by atoms with E-state index in [4.69, 9.17) is 15.0 Å². The lowest BCUT2D eigenvalue weighted by molar-refractivity contribution is -0.192. The van der Waals surface area contributed by atoms with E-state index in [1.165, 1.54) is 0 Å². The number of halogens is 3. The minimum Gasteiger partial charge on any atom is -0.480 e. The molecule has 1 aromatic heterocycles. The Morgan fingerprint density at radius 2 is 1.76 bits per heavy atom. The fraction of sp³-hybridized carbons (Fsp3) is 0.389. The first-order chi connectivity index (χ1) is 13.4. The molecule has 0 bridgehead atoms. The second-order valence-corrected chi connectivity index (χ2v) is 6.67. The lowest BCUT2D eigenvalue weighted by atomic mass is 10.1. The highest BCUT2D eigenvalue weighted by Gasteiger charge is 2.38. The summed E-state index contributed by atoms with van der Waals surface area (Å²) >= 11 is 0. The van der Waals surface area contributed by atoms with Crippen molar-refractivity contribution in [1.82, 2.24) is 14.8 Å². The zero-order valence-electron chi connectivity index (χ0n) is 15.6. The number of likely N-dealkylation sites (tertiary alicyclic amines) is 1. The van der Waals surface area contributed by atoms with Gasteiger partial charge in [0.2, 0.25) is 0 Å². The lowest BCUT2D eigenvalue weighted by Gasteiger charge is -2.14. The Balaban J connectivity index is 0.000000370. The zero-order valence-corrected chi connectivity index (χ0v) is 15.6. The van der Waals surface area contributed by atoms with Gasteiger partial charge in [-0.1, -0.05) is 6.07 Å². The van der Waals surface area contributed by atoms with E-state index in [0.29, 0.717) is 18.5 Å². The number of alkyl halides is 3. The van der Waals surface area contributed by atoms with Crippen LogP contribution in [-0.4, -0.2) is 69.4 Å². The molecule has 3 N–H and O–H groups in total. The number of carboxylic acid groups (broad SMARTS) is 2. The third kappa shape index (κ3) is 5.25. The highest BCUT2D eigenvalue weighted by atomic mass is 19.4. The van der Waals surface area contributed by atoms with E-state index in [9.17, 15) is 22.8 Å². The van der Waals surface area contributed by atoms with Crippen LogP contribution in [0.2, 0.25) is 0 Å². The second-order valence-electron chi connectivity index (χ2n) is 6.67. The van der Waals surface area contributed by atoms with Crippen molar-refractivity contribution in [3.8, 4) is 0 Å². The molecule has 2 aromatic rings. The minimum absolute atomic E-state index is 0.141. The van der Waals surface area contributed by atoms with Crippen molar-refractivity contribution < 1.29 is 37.8 Å². The van der Waals surface area contributed by atoms with Gasteiger partial charge in [0.05, 0.1) is 0 Å². The Labute approximate surface area is 163 Å². The Bertz CT molecular complexity index is 925. The van der Waals surface area contributed by atoms with Crippen molar-refractivity contribution in [2.45, 2.75) is 24.7 Å². The maximum atomic E-state index is 12.5. The smallest absolute Gasteiger partial charge is 0.480 e. The van der Waals surface area contributed by atoms with Crippen molar-refractivity contribution >= 4 is 28.7 Å². The summed E-state index contributed by atoms with van der Waals surface area (Å²) in [5.74, 6) is -3.75. The van der Waals surface area contributed by atoms with E-state index in [1.807, 2.05) is 36.0 Å². The maximum absolute atomic E-state index is 12.5. The molecule has 0 spiro atoms. The topological polar surface area (TPSA) is 112 Å². The number of rotatable bonds is 3. The summed E-state index contributed by atoms with van der Waals surface area (Å²) < 4.78 is 33.7. The molecule has 1 aromatic carbocycles. The minimum atomic E-state index is -5.08. The number of amides is 1. The number of likely N-dealkylation sites (N-methyl/N-ethyl adjacent to an activating group) is 1. The number of hydrogen-bond donors (Lipinski definition) is 3. The molecule has 2 heterocycles. The maximum Gasteiger partial charge on any atom is 0.490 e. The molecule has 1 aliphatic rings. The first-order valence-electron chi connectivity index (χ1n) is 8.50. The van der Waals surface area contributed by atoms with Gasteiger partial charge < -0.3 is 20.1 Å². The number of nitrogens with one attached hydrogen (secondary N) is 1. The number of aliphatic carboxylic acids is 2. The van der Waals surface area contributed by atoms with Gasteiger partial charge >= 0.3 is 18.1 Å². The summed E-state index contributed by atoms with van der Waals surface area (Å²) in [6, 6.07) is 6.87. The number of hydrogen-bond acceptors (Lipinski definition) is 4. The van der Waals surface area contributed by atoms with Crippen LogP contribution >= 0.6 is 0 Å². The van der Waals surface area contributed by atoms with Crippen LogP contribution in [0.1, 0.15) is 16.8 Å². The predicted molar refractivity (Wildman–Crippen MR) is 96.5 cm³/mol. The second kappa shape index (κ2) is 8.52. The van der Waals surface area contributed by atoms with Crippen LogP contribution in [-0.2, 0) is 16.6 Å². The SMILES string of the molecule is CN1C[C@@H](NC(=O)c2cccc3c2ccn3C)C[C@H]1C(=O)O.O=C(O)C(F)(F)F. The Hall–Kier alpha value is -3.08. The molecule has 11 heteroatoms. The van der Waals surface area contributed by atoms with E-state index in [1.54, 1.807) is 18.0 Å². The standard InChI is InChI=1S/C16H19N3O3.C2HF3O2/c1-18-7-6-11-12(4-3-5-13(11)18)15(20)17-10-8-14(16(21)22)19(2)9-10;3-2(4,5)1(6)7/h3-7,10,14H,8-9H2,1-2H3,(H,17,20)(H,21,22);(H,6,7)/t10-,14-;/m0./s1. The number of aromatic nitrogens is 1. The number of carboxylic acids is 2. The van der Waals surface area contributed by atoms with Gasteiger partial charge in [-0.15, -0.1) is 0 Å². The van der Waals surface area contributed by atoms with Gasteiger partial charge in [0.1, 0.15) is 6.04 Å². The van der Waals surface area contributed by atoms with Crippen LogP contribution in [0.3, 0.4) is 0 Å². The number of carbonyl (C=O) groups is 3. The summed E-state index contributed by atoms with van der Waals surface area (Å²) in [6.07, 6.45) is -2.73. The summed E-state index contributed by atoms with van der Waals surface area (Å²) in [7, 11) is 3.70. The number of benzene rings is 1. The van der Waals surface area contributed by atoms with Crippen LogP contribution in [0.25, 0.3) is 10.9 Å². The Morgan fingerprint density at radius 1 is 1.14 bits per heavy atom. The fourth-order valence-electron chi connectivity index (χ4n) is 3.16. The van der Waals surface area contributed by atoms with Crippen LogP contribution in [0.5, 0.6) is 0 Å². The molecule has 3 rings (SSSR count). The average molecular weight is 415 g/mol. The molecular weight excluding hydrogens is 395 g/mol. The molecule has 29 heavy (non-hydrogen) atoms. The van der Waals surface area contributed by atoms with Crippen molar-refractivity contribution in [2.75, 3.05) is 13.6 Å². The molecule has 2 atom stereocenters. The largest absolute Gasteiger partial charge is 0.490 e. The third-order valence-corrected chi connectivity index (χ3v) is 4.58. The van der Waals surface area contributed by atoms with Gasteiger partial charge in [-0.25, -0.2) is 4.79 Å². The van der Waals surface area contributed by atoms with E-state index in [0.717, 1.165) is 10.9 Å². The molecule has 0 radical (unpaired) electrons. The van der Waals surface area contributed by atoms with Gasteiger partial charge in [-0.2, -0.15) is 13.2 Å². The van der Waals surface area contributed by atoms with Crippen LogP contribution in [0.15, 0.2) is 30.5 Å². The zero-order chi connectivity index (χ0) is 21.9. The van der Waals surface area contributed by atoms with E-state index in [2.05, 4.69) is 5.32 Å². The first-order valence-corrected chi connectivity index (χ1v) is 8.50. The fourth-order valence-corrected chi connectivity index (χ4v) is 3.16. The molecule has 0 saturated carbocycles. The van der Waals surface area contributed by atoms with Gasteiger partial charge in [-0.3, -0.25) is 14.5 Å². The van der Waals surface area contributed by atoms with Gasteiger partial charge in [0, 0.05) is 42.3 Å². The molecule has 0 unspecified atom stereocenters. The Morgan fingerprint density at radius 3 is 2.28 bits per heavy atom. The first kappa shape index (κ1) is 22.2. The van der Waals surface area contributed by atoms with Gasteiger partial charge in [-0.05, 0) is 31.7 Å². The highest BCUT2D eigenvalue weighted by Crippen LogP contribution is 2.21. The van der Waals surface area contributed by atoms with Crippen molar-refractivity contribution in [3.05, 3.63) is 36.0 Å². The molecular formula is C18H20F3N3O5. The third-order valence-electron chi connectivity index (χ3n) is 4.58. The van der Waals surface area contributed by atoms with Crippen LogP contribution < -0.4 is 5.32 Å². The number of fused-ring (bicyclic) bond motifs is 1. The van der Waals surface area contributed by atoms with Gasteiger partial charge in [0.25, 0.3) is 5.91 Å². The molecule has 1 saturated heterocycles. The van der Waals surface area contributed by atoms with Crippen molar-refractivity contribution in [2.24, 2.45) is 7.05 Å².